The molecule has 3 heterocycles. The molecule has 0 unspecified atom stereocenters. The topological polar surface area (TPSA) is 100 Å². The summed E-state index contributed by atoms with van der Waals surface area (Å²) in [5, 5.41) is 23.5. The van der Waals surface area contributed by atoms with E-state index in [-0.39, 0.29) is 0 Å². The lowest BCUT2D eigenvalue weighted by atomic mass is 9.95. The minimum absolute atomic E-state index is 0.509. The fourth-order valence-corrected chi connectivity index (χ4v) is 11.2. The van der Waals surface area contributed by atoms with E-state index in [1.54, 1.807) is 0 Å². The first-order valence-electron chi connectivity index (χ1n) is 26.2. The van der Waals surface area contributed by atoms with Crippen molar-refractivity contribution in [2.45, 2.75) is 0 Å². The highest BCUT2D eigenvalue weighted by Gasteiger charge is 2.24. The van der Waals surface area contributed by atoms with Crippen molar-refractivity contribution in [3.8, 4) is 102 Å². The highest BCUT2D eigenvalue weighted by atomic mass is 15.1. The molecule has 8 heteroatoms. The third-order valence-corrected chi connectivity index (χ3v) is 15.1. The van der Waals surface area contributed by atoms with Crippen LogP contribution in [0.1, 0.15) is 11.1 Å². The maximum absolute atomic E-state index is 9.58. The smallest absolute Gasteiger partial charge is 0.187 e. The van der Waals surface area contributed by atoms with Gasteiger partial charge in [0, 0.05) is 43.8 Å². The Morgan fingerprint density at radius 3 is 1.18 bits per heavy atom. The Morgan fingerprint density at radius 2 is 0.688 bits per heavy atom. The van der Waals surface area contributed by atoms with E-state index in [0.717, 1.165) is 116 Å². The molecule has 3 aromatic heterocycles. The van der Waals surface area contributed by atoms with Crippen LogP contribution < -0.4 is 0 Å². The molecule has 0 amide bonds. The van der Waals surface area contributed by atoms with Gasteiger partial charge in [-0.2, -0.15) is 10.5 Å². The molecular formula is C72H42N8. The fourth-order valence-electron chi connectivity index (χ4n) is 11.2. The number of fused-ring (bicyclic) bond motifs is 6. The molecule has 0 bridgehead atoms. The van der Waals surface area contributed by atoms with Gasteiger partial charge in [0.25, 0.3) is 0 Å². The van der Waals surface area contributed by atoms with Crippen LogP contribution in [-0.4, -0.2) is 24.1 Å². The van der Waals surface area contributed by atoms with E-state index in [1.165, 1.54) is 0 Å². The monoisotopic (exact) mass is 1020 g/mol. The molecule has 0 saturated heterocycles. The number of nitrogens with zero attached hydrogens (tertiary/aromatic N) is 8. The summed E-state index contributed by atoms with van der Waals surface area (Å²) in [7, 11) is 0. The maximum atomic E-state index is 9.58. The number of nitriles is 2. The first kappa shape index (κ1) is 47.0. The van der Waals surface area contributed by atoms with Gasteiger partial charge in [0.05, 0.1) is 63.3 Å². The van der Waals surface area contributed by atoms with Crippen LogP contribution >= 0.6 is 0 Å². The third-order valence-electron chi connectivity index (χ3n) is 15.1. The number of hydrogen-bond donors (Lipinski definition) is 0. The second kappa shape index (κ2) is 19.6. The van der Waals surface area contributed by atoms with Gasteiger partial charge < -0.3 is 9.13 Å². The molecule has 11 aromatic carbocycles. The number of rotatable bonds is 9. The minimum atomic E-state index is 0.509. The van der Waals surface area contributed by atoms with Crippen molar-refractivity contribution in [2.24, 2.45) is 0 Å². The van der Waals surface area contributed by atoms with Gasteiger partial charge in [-0.3, -0.25) is 0 Å². The summed E-state index contributed by atoms with van der Waals surface area (Å²) in [6.07, 6.45) is 0. The molecule has 0 radical (unpaired) electrons. The Bertz CT molecular complexity index is 4820. The van der Waals surface area contributed by atoms with E-state index < -0.39 is 0 Å². The third kappa shape index (κ3) is 8.20. The first-order chi connectivity index (χ1) is 39.5. The van der Waals surface area contributed by atoms with E-state index >= 15 is 0 Å². The van der Waals surface area contributed by atoms with Crippen LogP contribution in [0.2, 0.25) is 0 Å². The summed E-state index contributed by atoms with van der Waals surface area (Å²) >= 11 is 0. The van der Waals surface area contributed by atoms with Crippen LogP contribution in [0, 0.1) is 29.2 Å². The molecule has 0 aliphatic carbocycles. The Morgan fingerprint density at radius 1 is 0.312 bits per heavy atom. The second-order valence-corrected chi connectivity index (χ2v) is 19.7. The minimum Gasteiger partial charge on any atom is -0.309 e. The van der Waals surface area contributed by atoms with E-state index in [9.17, 15) is 10.5 Å². The van der Waals surface area contributed by atoms with Gasteiger partial charge in [-0.25, -0.2) is 19.8 Å². The van der Waals surface area contributed by atoms with Crippen molar-refractivity contribution in [3.05, 3.63) is 277 Å². The van der Waals surface area contributed by atoms with Crippen molar-refractivity contribution >= 4 is 49.3 Å². The zero-order valence-corrected chi connectivity index (χ0v) is 42.8. The molecule has 0 aliphatic rings. The molecule has 8 nitrogen and oxygen atoms in total. The van der Waals surface area contributed by atoms with Crippen molar-refractivity contribution in [1.29, 1.82) is 10.5 Å². The predicted octanol–water partition coefficient (Wildman–Crippen LogP) is 18.0. The number of hydrogen-bond acceptors (Lipinski definition) is 5. The van der Waals surface area contributed by atoms with E-state index in [0.29, 0.717) is 34.3 Å². The second-order valence-electron chi connectivity index (χ2n) is 19.7. The van der Waals surface area contributed by atoms with Crippen molar-refractivity contribution in [3.63, 3.8) is 0 Å². The van der Waals surface area contributed by atoms with Gasteiger partial charge in [-0.05, 0) is 124 Å². The van der Waals surface area contributed by atoms with E-state index in [4.69, 9.17) is 21.5 Å². The van der Waals surface area contributed by atoms with Crippen LogP contribution in [-0.2, 0) is 0 Å². The zero-order chi connectivity index (χ0) is 53.7. The number of aromatic nitrogens is 5. The van der Waals surface area contributed by atoms with Gasteiger partial charge in [0.2, 0.25) is 0 Å². The average molecular weight is 1020 g/mol. The average Bonchev–Trinajstić information content (AvgIpc) is 4.25. The SMILES string of the molecule is [C-]#[N+]c1ccc(-c2ccc(-n3c4ccccc4c4cc(-c5ccc(C#N)cc5)ccc43)c(-c3ccc(-n4c5ccccc5c5cc(-c6ccc(C#N)cc6)ccc54)c(-c4nc(-c5ccccc5)nc(-c5ccccc5)n4)c3)c2)cc1. The van der Waals surface area contributed by atoms with E-state index in [1.807, 2.05) is 133 Å². The predicted molar refractivity (Wildman–Crippen MR) is 322 cm³/mol. The zero-order valence-electron chi connectivity index (χ0n) is 42.8. The Labute approximate surface area is 461 Å². The van der Waals surface area contributed by atoms with Crippen LogP contribution in [0.5, 0.6) is 0 Å². The summed E-state index contributed by atoms with van der Waals surface area (Å²) in [6.45, 7) is 7.70. The molecule has 0 N–H and O–H groups in total. The summed E-state index contributed by atoms with van der Waals surface area (Å²) in [4.78, 5) is 19.6. The molecule has 14 aromatic rings. The highest BCUT2D eigenvalue weighted by molar-refractivity contribution is 6.12. The van der Waals surface area contributed by atoms with Gasteiger partial charge in [-0.15, -0.1) is 0 Å². The lowest BCUT2D eigenvalue weighted by Crippen LogP contribution is -2.04. The molecular weight excluding hydrogens is 977 g/mol. The summed E-state index contributed by atoms with van der Waals surface area (Å²) in [6, 6.07) is 91.5. The lowest BCUT2D eigenvalue weighted by molar-refractivity contribution is 1.06. The summed E-state index contributed by atoms with van der Waals surface area (Å²) in [5.74, 6) is 1.61. The summed E-state index contributed by atoms with van der Waals surface area (Å²) in [5.41, 5.74) is 18.4. The quantitative estimate of drug-likeness (QED) is 0.134. The lowest BCUT2D eigenvalue weighted by Gasteiger charge is -2.19. The number of benzene rings is 11. The molecule has 0 aliphatic heterocycles. The highest BCUT2D eigenvalue weighted by Crippen LogP contribution is 2.44. The van der Waals surface area contributed by atoms with Gasteiger partial charge in [0.15, 0.2) is 23.2 Å². The van der Waals surface area contributed by atoms with Crippen LogP contribution in [0.4, 0.5) is 5.69 Å². The Hall–Kier alpha value is -11.5. The largest absolute Gasteiger partial charge is 0.309 e. The van der Waals surface area contributed by atoms with Crippen LogP contribution in [0.15, 0.2) is 255 Å². The van der Waals surface area contributed by atoms with Gasteiger partial charge in [0.1, 0.15) is 0 Å². The fraction of sp³-hybridized carbons (Fsp3) is 0. The van der Waals surface area contributed by atoms with Crippen molar-refractivity contribution < 1.29 is 0 Å². The van der Waals surface area contributed by atoms with Gasteiger partial charge >= 0.3 is 0 Å². The van der Waals surface area contributed by atoms with Gasteiger partial charge in [-0.1, -0.05) is 170 Å². The van der Waals surface area contributed by atoms with Crippen molar-refractivity contribution in [2.75, 3.05) is 0 Å². The normalized spacial score (nSPS) is 11.2. The molecule has 0 fully saturated rings. The molecule has 0 spiro atoms. The maximum Gasteiger partial charge on any atom is 0.187 e. The van der Waals surface area contributed by atoms with Crippen molar-refractivity contribution in [1.82, 2.24) is 24.1 Å². The van der Waals surface area contributed by atoms with E-state index in [2.05, 4.69) is 147 Å². The molecule has 0 saturated carbocycles. The van der Waals surface area contributed by atoms with Crippen LogP contribution in [0.3, 0.4) is 0 Å². The molecule has 80 heavy (non-hydrogen) atoms. The molecule has 14 rings (SSSR count). The molecule has 0 atom stereocenters. The Kier molecular flexibility index (Phi) is 11.5. The first-order valence-corrected chi connectivity index (χ1v) is 26.2. The van der Waals surface area contributed by atoms with Crippen LogP contribution in [0.25, 0.3) is 139 Å². The Balaban J connectivity index is 1.05. The number of para-hydroxylation sites is 2. The summed E-state index contributed by atoms with van der Waals surface area (Å²) < 4.78 is 4.69. The molecule has 370 valence electrons. The standard InChI is InChI=1S/C72H42N8/c1-75-57-34-28-50(29-35-57)53-30-36-66(79-64-18-10-8-16-58(64)61-41-54(31-37-67(61)79)48-24-20-46(44-73)21-25-48)60(40-53)56-33-39-69(63(43-56)72-77-70(51-12-4-2-5-13-51)76-71(78-72)52-14-6-3-7-15-52)80-65-19-11-9-17-59(65)62-42-55(32-38-68(62)80)49-26-22-47(45-74)23-27-49/h2-43H.